The zero-order valence-corrected chi connectivity index (χ0v) is 20.1. The van der Waals surface area contributed by atoms with Gasteiger partial charge in [0.05, 0.1) is 18.0 Å². The lowest BCUT2D eigenvalue weighted by Gasteiger charge is -2.20. The highest BCUT2D eigenvalue weighted by atomic mass is 35.5. The van der Waals surface area contributed by atoms with Crippen LogP contribution in [0.5, 0.6) is 0 Å². The first-order valence-electron chi connectivity index (χ1n) is 10.9. The van der Waals surface area contributed by atoms with Crippen molar-refractivity contribution >= 4 is 44.8 Å². The van der Waals surface area contributed by atoms with Gasteiger partial charge < -0.3 is 16.0 Å². The van der Waals surface area contributed by atoms with Crippen molar-refractivity contribution in [3.05, 3.63) is 53.1 Å². The molecule has 2 aromatic carbocycles. The van der Waals surface area contributed by atoms with Crippen LogP contribution in [0.3, 0.4) is 0 Å². The number of nitrogens with zero attached hydrogens (tertiary/aromatic N) is 1. The van der Waals surface area contributed by atoms with E-state index in [1.165, 1.54) is 0 Å². The second-order valence-corrected chi connectivity index (χ2v) is 10.3. The molecule has 0 bridgehead atoms. The Morgan fingerprint density at radius 2 is 1.61 bits per heavy atom. The maximum atomic E-state index is 12.8. The van der Waals surface area contributed by atoms with Crippen molar-refractivity contribution in [1.82, 2.24) is 9.62 Å². The van der Waals surface area contributed by atoms with Crippen LogP contribution in [0.1, 0.15) is 31.2 Å². The Morgan fingerprint density at radius 3 is 2.27 bits per heavy atom. The summed E-state index contributed by atoms with van der Waals surface area (Å²) in [6, 6.07) is 11.6. The molecule has 0 unspecified atom stereocenters. The molecule has 0 radical (unpaired) electrons. The van der Waals surface area contributed by atoms with Crippen molar-refractivity contribution in [2.45, 2.75) is 37.5 Å². The van der Waals surface area contributed by atoms with Crippen LogP contribution >= 0.6 is 11.6 Å². The van der Waals surface area contributed by atoms with E-state index in [4.69, 9.17) is 11.6 Å². The third-order valence-corrected chi connectivity index (χ3v) is 7.82. The molecule has 3 rings (SSSR count). The highest BCUT2D eigenvalue weighted by Gasteiger charge is 2.24. The average Bonchev–Trinajstić information content (AvgIpc) is 3.10. The molecule has 2 aromatic rings. The molecule has 1 fully saturated rings. The van der Waals surface area contributed by atoms with Crippen molar-refractivity contribution in [1.29, 1.82) is 0 Å². The molecule has 0 saturated carbocycles. The van der Waals surface area contributed by atoms with E-state index in [0.717, 1.165) is 31.2 Å². The molecule has 1 heterocycles. The zero-order chi connectivity index (χ0) is 23.8. The number of hydrogen-bond donors (Lipinski definition) is 3. The fraction of sp³-hybridized carbons (Fsp3) is 0.391. The summed E-state index contributed by atoms with van der Waals surface area (Å²) in [5.74, 6) is -0.731. The quantitative estimate of drug-likeness (QED) is 0.523. The van der Waals surface area contributed by atoms with Crippen molar-refractivity contribution in [3.63, 3.8) is 0 Å². The molecule has 0 spiro atoms. The van der Waals surface area contributed by atoms with Gasteiger partial charge in [0.25, 0.3) is 0 Å². The first kappa shape index (κ1) is 25.0. The van der Waals surface area contributed by atoms with Crippen LogP contribution in [0, 0.1) is 6.92 Å². The largest absolute Gasteiger partial charge is 0.376 e. The highest BCUT2D eigenvalue weighted by Crippen LogP contribution is 2.23. The SMILES string of the molecule is Cc1c(Cl)cccc1NC(=O)CNC(=O)CNc1ccc(S(=O)(=O)N2CCCCCC2)cc1. The minimum absolute atomic E-state index is 0.0539. The summed E-state index contributed by atoms with van der Waals surface area (Å²) >= 11 is 6.04. The van der Waals surface area contributed by atoms with Crippen molar-refractivity contribution in [2.24, 2.45) is 0 Å². The van der Waals surface area contributed by atoms with Crippen LogP contribution in [-0.2, 0) is 19.6 Å². The molecule has 1 aliphatic heterocycles. The molecule has 178 valence electrons. The number of rotatable bonds is 8. The molecule has 2 amide bonds. The second kappa shape index (κ2) is 11.5. The number of hydrogen-bond acceptors (Lipinski definition) is 5. The lowest BCUT2D eigenvalue weighted by Crippen LogP contribution is -2.36. The number of carbonyl (C=O) groups excluding carboxylic acids is 2. The minimum atomic E-state index is -3.51. The number of amides is 2. The first-order valence-corrected chi connectivity index (χ1v) is 12.7. The molecule has 10 heteroatoms. The molecular weight excluding hydrogens is 464 g/mol. The van der Waals surface area contributed by atoms with E-state index in [0.29, 0.717) is 29.5 Å². The van der Waals surface area contributed by atoms with Crippen LogP contribution in [0.4, 0.5) is 11.4 Å². The Labute approximate surface area is 199 Å². The molecule has 1 saturated heterocycles. The van der Waals surface area contributed by atoms with E-state index in [9.17, 15) is 18.0 Å². The Morgan fingerprint density at radius 1 is 0.939 bits per heavy atom. The molecule has 0 aliphatic carbocycles. The van der Waals surface area contributed by atoms with Gasteiger partial charge in [0.2, 0.25) is 21.8 Å². The fourth-order valence-electron chi connectivity index (χ4n) is 3.54. The van der Waals surface area contributed by atoms with Crippen LogP contribution in [0.15, 0.2) is 47.4 Å². The van der Waals surface area contributed by atoms with Crippen molar-refractivity contribution in [2.75, 3.05) is 36.8 Å². The predicted molar refractivity (Wildman–Crippen MR) is 130 cm³/mol. The first-order chi connectivity index (χ1) is 15.8. The van der Waals surface area contributed by atoms with E-state index >= 15 is 0 Å². The third kappa shape index (κ3) is 6.93. The third-order valence-electron chi connectivity index (χ3n) is 5.50. The summed E-state index contributed by atoms with van der Waals surface area (Å²) in [6.07, 6.45) is 3.87. The van der Waals surface area contributed by atoms with E-state index in [-0.39, 0.29) is 29.8 Å². The van der Waals surface area contributed by atoms with Crippen LogP contribution in [-0.4, -0.2) is 50.7 Å². The Balaban J connectivity index is 1.46. The van der Waals surface area contributed by atoms with Crippen LogP contribution in [0.25, 0.3) is 0 Å². The predicted octanol–water partition coefficient (Wildman–Crippen LogP) is 3.38. The van der Waals surface area contributed by atoms with E-state index < -0.39 is 10.0 Å². The monoisotopic (exact) mass is 492 g/mol. The standard InChI is InChI=1S/C23H29ClN4O4S/c1-17-20(24)7-6-8-21(17)27-23(30)16-26-22(29)15-25-18-9-11-19(12-10-18)33(31,32)28-13-4-2-3-5-14-28/h6-12,25H,2-5,13-16H2,1H3,(H,26,29)(H,27,30). The van der Waals surface area contributed by atoms with E-state index in [1.807, 2.05) is 0 Å². The van der Waals surface area contributed by atoms with Gasteiger partial charge >= 0.3 is 0 Å². The maximum Gasteiger partial charge on any atom is 0.243 e. The van der Waals surface area contributed by atoms with Crippen LogP contribution < -0.4 is 16.0 Å². The maximum absolute atomic E-state index is 12.8. The van der Waals surface area contributed by atoms with Gasteiger partial charge in [-0.25, -0.2) is 8.42 Å². The van der Waals surface area contributed by atoms with Crippen molar-refractivity contribution in [3.8, 4) is 0 Å². The summed E-state index contributed by atoms with van der Waals surface area (Å²) in [6.45, 7) is 2.66. The fourth-order valence-corrected chi connectivity index (χ4v) is 5.23. The molecule has 0 aromatic heterocycles. The summed E-state index contributed by atoms with van der Waals surface area (Å²) in [7, 11) is -3.51. The highest BCUT2D eigenvalue weighted by molar-refractivity contribution is 7.89. The Hall–Kier alpha value is -2.62. The van der Waals surface area contributed by atoms with E-state index in [2.05, 4.69) is 16.0 Å². The number of halogens is 1. The molecule has 0 atom stereocenters. The molecule has 33 heavy (non-hydrogen) atoms. The smallest absolute Gasteiger partial charge is 0.243 e. The number of anilines is 2. The molecule has 1 aliphatic rings. The molecule has 3 N–H and O–H groups in total. The second-order valence-electron chi connectivity index (χ2n) is 7.93. The number of sulfonamides is 1. The van der Waals surface area contributed by atoms with Gasteiger partial charge in [-0.3, -0.25) is 9.59 Å². The van der Waals surface area contributed by atoms with Gasteiger partial charge in [-0.1, -0.05) is 30.5 Å². The number of benzene rings is 2. The van der Waals surface area contributed by atoms with Gasteiger partial charge in [-0.15, -0.1) is 0 Å². The summed E-state index contributed by atoms with van der Waals surface area (Å²) in [5.41, 5.74) is 1.95. The lowest BCUT2D eigenvalue weighted by molar-refractivity contribution is -0.122. The van der Waals surface area contributed by atoms with Gasteiger partial charge in [-0.05, 0) is 61.7 Å². The molecular formula is C23H29ClN4O4S. The summed E-state index contributed by atoms with van der Waals surface area (Å²) in [4.78, 5) is 24.4. The summed E-state index contributed by atoms with van der Waals surface area (Å²) in [5, 5.41) is 8.74. The summed E-state index contributed by atoms with van der Waals surface area (Å²) < 4.78 is 27.2. The number of nitrogens with one attached hydrogen (secondary N) is 3. The van der Waals surface area contributed by atoms with Gasteiger partial charge in [0.1, 0.15) is 0 Å². The Kier molecular flexibility index (Phi) is 8.71. The Bertz CT molecular complexity index is 1080. The molecule has 8 nitrogen and oxygen atoms in total. The van der Waals surface area contributed by atoms with Gasteiger partial charge in [-0.2, -0.15) is 4.31 Å². The minimum Gasteiger partial charge on any atom is -0.376 e. The van der Waals surface area contributed by atoms with Gasteiger partial charge in [0, 0.05) is 29.5 Å². The van der Waals surface area contributed by atoms with E-state index in [1.54, 1.807) is 53.7 Å². The van der Waals surface area contributed by atoms with Crippen LogP contribution in [0.2, 0.25) is 5.02 Å². The van der Waals surface area contributed by atoms with Gasteiger partial charge in [0.15, 0.2) is 0 Å². The zero-order valence-electron chi connectivity index (χ0n) is 18.6. The lowest BCUT2D eigenvalue weighted by atomic mass is 10.2. The van der Waals surface area contributed by atoms with Crippen molar-refractivity contribution < 1.29 is 18.0 Å². The average molecular weight is 493 g/mol. The number of carbonyl (C=O) groups is 2. The topological polar surface area (TPSA) is 108 Å². The normalized spacial score (nSPS) is 14.8.